The number of carbonyl (C=O) groups is 1. The van der Waals surface area contributed by atoms with E-state index in [1.807, 2.05) is 55.5 Å². The first-order valence-corrected chi connectivity index (χ1v) is 10.2. The summed E-state index contributed by atoms with van der Waals surface area (Å²) in [5.41, 5.74) is 2.37. The minimum Gasteiger partial charge on any atom is -0.490 e. The Morgan fingerprint density at radius 2 is 1.74 bits per heavy atom. The molecule has 0 saturated carbocycles. The highest BCUT2D eigenvalue weighted by molar-refractivity contribution is 6.32. The summed E-state index contributed by atoms with van der Waals surface area (Å²) in [6.07, 6.45) is 1.46. The van der Waals surface area contributed by atoms with Gasteiger partial charge in [0.05, 0.1) is 17.8 Å². The van der Waals surface area contributed by atoms with E-state index in [1.165, 1.54) is 6.21 Å². The van der Waals surface area contributed by atoms with Crippen molar-refractivity contribution in [3.63, 3.8) is 0 Å². The molecule has 0 atom stereocenters. The second-order valence-corrected chi connectivity index (χ2v) is 6.87. The highest BCUT2D eigenvalue weighted by Crippen LogP contribution is 2.37. The van der Waals surface area contributed by atoms with E-state index in [-0.39, 0.29) is 12.5 Å². The van der Waals surface area contributed by atoms with E-state index < -0.39 is 0 Å². The Hall–Kier alpha value is -3.51. The van der Waals surface area contributed by atoms with Gasteiger partial charge in [0.2, 0.25) is 0 Å². The topological polar surface area (TPSA) is 69.2 Å². The van der Waals surface area contributed by atoms with Crippen LogP contribution < -0.4 is 14.8 Å². The summed E-state index contributed by atoms with van der Waals surface area (Å²) in [6.45, 7) is 2.49. The maximum atomic E-state index is 11.9. The molecule has 0 heterocycles. The van der Waals surface area contributed by atoms with Crippen LogP contribution in [0, 0.1) is 0 Å². The maximum Gasteiger partial charge on any atom is 0.265 e. The van der Waals surface area contributed by atoms with Gasteiger partial charge in [-0.2, -0.15) is 0 Å². The smallest absolute Gasteiger partial charge is 0.265 e. The number of amides is 1. The highest BCUT2D eigenvalue weighted by atomic mass is 35.5. The van der Waals surface area contributed by atoms with Gasteiger partial charge in [-0.05, 0) is 36.8 Å². The second kappa shape index (κ2) is 11.6. The Balaban J connectivity index is 1.59. The van der Waals surface area contributed by atoms with Gasteiger partial charge in [0, 0.05) is 11.3 Å². The third kappa shape index (κ3) is 7.04. The zero-order valence-corrected chi connectivity index (χ0v) is 17.8. The van der Waals surface area contributed by atoms with Gasteiger partial charge in [-0.25, -0.2) is 0 Å². The molecule has 0 bridgehead atoms. The summed E-state index contributed by atoms with van der Waals surface area (Å²) < 4.78 is 11.6. The molecule has 0 aromatic heterocycles. The van der Waals surface area contributed by atoms with Crippen molar-refractivity contribution < 1.29 is 19.1 Å². The predicted molar refractivity (Wildman–Crippen MR) is 122 cm³/mol. The number of nitrogens with zero attached hydrogens (tertiary/aromatic N) is 1. The average molecular weight is 439 g/mol. The van der Waals surface area contributed by atoms with E-state index in [9.17, 15) is 4.79 Å². The van der Waals surface area contributed by atoms with Crippen molar-refractivity contribution in [2.45, 2.75) is 13.5 Å². The first-order valence-electron chi connectivity index (χ1n) is 9.79. The third-order valence-electron chi connectivity index (χ3n) is 4.09. The van der Waals surface area contributed by atoms with Gasteiger partial charge < -0.3 is 19.6 Å². The number of nitrogens with one attached hydrogen (secondary N) is 1. The Morgan fingerprint density at radius 3 is 2.45 bits per heavy atom. The minimum absolute atomic E-state index is 0.213. The van der Waals surface area contributed by atoms with E-state index >= 15 is 0 Å². The quantitative estimate of drug-likeness (QED) is 0.344. The van der Waals surface area contributed by atoms with Crippen LogP contribution in [0.3, 0.4) is 0 Å². The molecule has 0 fully saturated rings. The van der Waals surface area contributed by atoms with Crippen LogP contribution in [-0.2, 0) is 16.2 Å². The zero-order valence-electron chi connectivity index (χ0n) is 17.1. The van der Waals surface area contributed by atoms with Crippen LogP contribution in [0.4, 0.5) is 5.69 Å². The Morgan fingerprint density at radius 1 is 1.03 bits per heavy atom. The molecule has 0 unspecified atom stereocenters. The first kappa shape index (κ1) is 22.2. The molecule has 31 heavy (non-hydrogen) atoms. The van der Waals surface area contributed by atoms with Crippen molar-refractivity contribution in [2.75, 3.05) is 18.5 Å². The lowest BCUT2D eigenvalue weighted by molar-refractivity contribution is -0.120. The van der Waals surface area contributed by atoms with Gasteiger partial charge >= 0.3 is 0 Å². The molecule has 160 valence electrons. The lowest BCUT2D eigenvalue weighted by atomic mass is 10.2. The number of anilines is 1. The molecule has 3 aromatic rings. The molecule has 3 rings (SSSR count). The Bertz CT molecular complexity index is 1010. The van der Waals surface area contributed by atoms with Crippen molar-refractivity contribution >= 4 is 29.4 Å². The van der Waals surface area contributed by atoms with Crippen molar-refractivity contribution in [3.8, 4) is 11.5 Å². The van der Waals surface area contributed by atoms with Gasteiger partial charge in [0.1, 0.15) is 6.61 Å². The lowest BCUT2D eigenvalue weighted by Crippen LogP contribution is -2.16. The fourth-order valence-corrected chi connectivity index (χ4v) is 2.98. The average Bonchev–Trinajstić information content (AvgIpc) is 2.78. The number of para-hydroxylation sites is 1. The van der Waals surface area contributed by atoms with E-state index in [0.717, 1.165) is 5.56 Å². The number of halogens is 1. The molecule has 1 N–H and O–H groups in total. The molecular weight excluding hydrogens is 416 g/mol. The number of carbonyl (C=O) groups excluding carboxylic acids is 1. The van der Waals surface area contributed by atoms with Gasteiger partial charge in [-0.1, -0.05) is 65.3 Å². The highest BCUT2D eigenvalue weighted by Gasteiger charge is 2.12. The second-order valence-electron chi connectivity index (χ2n) is 6.46. The van der Waals surface area contributed by atoms with Crippen molar-refractivity contribution in [2.24, 2.45) is 5.16 Å². The van der Waals surface area contributed by atoms with Crippen LogP contribution in [0.1, 0.15) is 18.1 Å². The monoisotopic (exact) mass is 438 g/mol. The third-order valence-corrected chi connectivity index (χ3v) is 4.37. The summed E-state index contributed by atoms with van der Waals surface area (Å²) in [5.74, 6) is 0.669. The van der Waals surface area contributed by atoms with Crippen LogP contribution in [-0.4, -0.2) is 25.3 Å². The SMILES string of the molecule is CCOc1cc(/C=N/OCC(=O)Nc2ccccc2)cc(Cl)c1OCc1ccccc1. The van der Waals surface area contributed by atoms with Crippen LogP contribution in [0.2, 0.25) is 5.02 Å². The molecule has 0 spiro atoms. The predicted octanol–water partition coefficient (Wildman–Crippen LogP) is 5.31. The molecule has 1 amide bonds. The van der Waals surface area contributed by atoms with E-state index in [4.69, 9.17) is 25.9 Å². The summed E-state index contributed by atoms with van der Waals surface area (Å²) in [7, 11) is 0. The van der Waals surface area contributed by atoms with Gasteiger partial charge in [0.15, 0.2) is 18.1 Å². The molecule has 0 aliphatic carbocycles. The standard InChI is InChI=1S/C24H23ClN2O4/c1-2-29-22-14-19(13-21(25)24(22)30-16-18-9-5-3-6-10-18)15-26-31-17-23(28)27-20-11-7-4-8-12-20/h3-15H,2,16-17H2,1H3,(H,27,28)/b26-15+. The summed E-state index contributed by atoms with van der Waals surface area (Å²) in [4.78, 5) is 17.0. The minimum atomic E-state index is -0.305. The number of ether oxygens (including phenoxy) is 2. The summed E-state index contributed by atoms with van der Waals surface area (Å²) in [6, 6.07) is 22.4. The normalized spacial score (nSPS) is 10.6. The molecule has 0 radical (unpaired) electrons. The number of rotatable bonds is 10. The van der Waals surface area contributed by atoms with Crippen molar-refractivity contribution in [1.29, 1.82) is 0 Å². The molecule has 0 aliphatic heterocycles. The number of benzene rings is 3. The number of oxime groups is 1. The van der Waals surface area contributed by atoms with Gasteiger partial charge in [-0.15, -0.1) is 0 Å². The van der Waals surface area contributed by atoms with Crippen LogP contribution in [0.5, 0.6) is 11.5 Å². The zero-order chi connectivity index (χ0) is 21.9. The molecule has 6 nitrogen and oxygen atoms in total. The number of hydrogen-bond donors (Lipinski definition) is 1. The summed E-state index contributed by atoms with van der Waals surface area (Å²) >= 11 is 6.42. The van der Waals surface area contributed by atoms with E-state index in [1.54, 1.807) is 24.3 Å². The van der Waals surface area contributed by atoms with Crippen molar-refractivity contribution in [3.05, 3.63) is 88.9 Å². The van der Waals surface area contributed by atoms with Gasteiger partial charge in [-0.3, -0.25) is 4.79 Å². The van der Waals surface area contributed by atoms with Crippen molar-refractivity contribution in [1.82, 2.24) is 0 Å². The van der Waals surface area contributed by atoms with E-state index in [2.05, 4.69) is 10.5 Å². The van der Waals surface area contributed by atoms with E-state index in [0.29, 0.717) is 41.0 Å². The summed E-state index contributed by atoms with van der Waals surface area (Å²) in [5, 5.41) is 6.96. The maximum absolute atomic E-state index is 11.9. The fraction of sp³-hybridized carbons (Fsp3) is 0.167. The molecule has 0 aliphatic rings. The first-order chi connectivity index (χ1) is 15.2. The van der Waals surface area contributed by atoms with Gasteiger partial charge in [0.25, 0.3) is 5.91 Å². The largest absolute Gasteiger partial charge is 0.490 e. The molecule has 3 aromatic carbocycles. The molecule has 7 heteroatoms. The number of hydrogen-bond acceptors (Lipinski definition) is 5. The Kier molecular flexibility index (Phi) is 8.31. The fourth-order valence-electron chi connectivity index (χ4n) is 2.71. The van der Waals surface area contributed by atoms with Crippen LogP contribution >= 0.6 is 11.6 Å². The van der Waals surface area contributed by atoms with Crippen LogP contribution in [0.25, 0.3) is 0 Å². The Labute approximate surface area is 186 Å². The van der Waals surface area contributed by atoms with Crippen LogP contribution in [0.15, 0.2) is 78.0 Å². The molecular formula is C24H23ClN2O4. The lowest BCUT2D eigenvalue weighted by Gasteiger charge is -2.14. The molecule has 0 saturated heterocycles.